The summed E-state index contributed by atoms with van der Waals surface area (Å²) in [7, 11) is 2.06. The second-order valence-corrected chi connectivity index (χ2v) is 8.75. The first kappa shape index (κ1) is 24.8. The first-order valence-electron chi connectivity index (χ1n) is 10.2. The van der Waals surface area contributed by atoms with Crippen LogP contribution in [0.2, 0.25) is 0 Å². The van der Waals surface area contributed by atoms with Crippen molar-refractivity contribution in [2.45, 2.75) is 38.7 Å². The summed E-state index contributed by atoms with van der Waals surface area (Å²) in [6, 6.07) is 0. The van der Waals surface area contributed by atoms with Gasteiger partial charge in [0.2, 0.25) is 12.0 Å². The number of carbonyl (C=O) groups excluding carboxylic acids is 2. The van der Waals surface area contributed by atoms with Crippen molar-refractivity contribution in [2.75, 3.05) is 66.0 Å². The Morgan fingerprint density at radius 1 is 1.17 bits per heavy atom. The average Bonchev–Trinajstić information content (AvgIpc) is 2.91. The lowest BCUT2D eigenvalue weighted by atomic mass is 9.91. The maximum atomic E-state index is 12.7. The van der Waals surface area contributed by atoms with Crippen LogP contribution in [0.1, 0.15) is 20.3 Å². The van der Waals surface area contributed by atoms with Crippen LogP contribution in [-0.4, -0.2) is 116 Å². The van der Waals surface area contributed by atoms with Crippen molar-refractivity contribution < 1.29 is 32.6 Å². The van der Waals surface area contributed by atoms with Crippen molar-refractivity contribution in [2.24, 2.45) is 5.41 Å². The second-order valence-electron chi connectivity index (χ2n) is 8.75. The topological polar surface area (TPSA) is 85.4 Å². The third-order valence-electron chi connectivity index (χ3n) is 5.53. The monoisotopic (exact) mass is 438 g/mol. The minimum absolute atomic E-state index is 0.0608. The van der Waals surface area contributed by atoms with E-state index in [0.29, 0.717) is 13.0 Å². The van der Waals surface area contributed by atoms with Crippen LogP contribution in [0.15, 0.2) is 0 Å². The number of halogens is 3. The zero-order chi connectivity index (χ0) is 22.5. The van der Waals surface area contributed by atoms with Gasteiger partial charge in [-0.25, -0.2) is 0 Å². The molecule has 0 spiro atoms. The van der Waals surface area contributed by atoms with E-state index >= 15 is 0 Å². The van der Waals surface area contributed by atoms with Gasteiger partial charge in [0.25, 0.3) is 5.91 Å². The van der Waals surface area contributed by atoms with Gasteiger partial charge in [0.1, 0.15) is 0 Å². The Labute approximate surface area is 175 Å². The molecule has 0 saturated carbocycles. The number of aliphatic hydroxyl groups excluding tert-OH is 1. The van der Waals surface area contributed by atoms with E-state index in [1.807, 2.05) is 13.8 Å². The van der Waals surface area contributed by atoms with E-state index in [0.717, 1.165) is 31.1 Å². The molecule has 174 valence electrons. The molecule has 2 atom stereocenters. The number of nitrogens with zero attached hydrogens (tertiary/aromatic N) is 3. The third kappa shape index (κ3) is 7.07. The number of piperazine rings is 1. The van der Waals surface area contributed by atoms with Crippen LogP contribution in [0.3, 0.4) is 0 Å². The summed E-state index contributed by atoms with van der Waals surface area (Å²) >= 11 is 0. The van der Waals surface area contributed by atoms with E-state index in [1.165, 1.54) is 0 Å². The molecule has 11 heteroatoms. The Kier molecular flexibility index (Phi) is 8.49. The fourth-order valence-electron chi connectivity index (χ4n) is 3.61. The Morgan fingerprint density at radius 3 is 2.40 bits per heavy atom. The maximum absolute atomic E-state index is 12.7. The molecule has 0 aromatic rings. The van der Waals surface area contributed by atoms with Crippen LogP contribution in [0.5, 0.6) is 0 Å². The fourth-order valence-corrected chi connectivity index (χ4v) is 3.61. The standard InChI is InChI=1S/C19H33F3N4O4/c1-18(2,13-25-8-6-24(3)7-9-25)17(29)23-11-14-12-26(5-4-10-30-14)16(28)15(27)19(20,21)22/h14-15,27H,4-13H2,1-3H3,(H,23,29). The number of rotatable bonds is 6. The van der Waals surface area contributed by atoms with E-state index in [4.69, 9.17) is 4.74 Å². The zero-order valence-corrected chi connectivity index (χ0v) is 17.9. The molecule has 8 nitrogen and oxygen atoms in total. The lowest BCUT2D eigenvalue weighted by Crippen LogP contribution is -2.53. The molecular weight excluding hydrogens is 405 g/mol. The largest absolute Gasteiger partial charge is 0.423 e. The predicted molar refractivity (Wildman–Crippen MR) is 104 cm³/mol. The minimum atomic E-state index is -5.01. The Bertz CT molecular complexity index is 595. The smallest absolute Gasteiger partial charge is 0.376 e. The van der Waals surface area contributed by atoms with Crippen LogP contribution in [0.25, 0.3) is 0 Å². The molecule has 0 bridgehead atoms. The molecule has 0 aliphatic carbocycles. The van der Waals surface area contributed by atoms with E-state index in [-0.39, 0.29) is 32.1 Å². The van der Waals surface area contributed by atoms with Crippen molar-refractivity contribution in [3.05, 3.63) is 0 Å². The van der Waals surface area contributed by atoms with Gasteiger partial charge >= 0.3 is 6.18 Å². The summed E-state index contributed by atoms with van der Waals surface area (Å²) < 4.78 is 43.6. The highest BCUT2D eigenvalue weighted by atomic mass is 19.4. The van der Waals surface area contributed by atoms with Crippen molar-refractivity contribution in [1.82, 2.24) is 20.0 Å². The number of hydrogen-bond acceptors (Lipinski definition) is 6. The highest BCUT2D eigenvalue weighted by Crippen LogP contribution is 2.23. The molecule has 2 N–H and O–H groups in total. The van der Waals surface area contributed by atoms with Gasteiger partial charge in [-0.3, -0.25) is 14.5 Å². The molecule has 2 saturated heterocycles. The van der Waals surface area contributed by atoms with Crippen molar-refractivity contribution >= 4 is 11.8 Å². The summed E-state index contributed by atoms with van der Waals surface area (Å²) in [5.41, 5.74) is -0.650. The predicted octanol–water partition coefficient (Wildman–Crippen LogP) is -0.0831. The molecule has 0 radical (unpaired) electrons. The number of nitrogens with one attached hydrogen (secondary N) is 1. The van der Waals surface area contributed by atoms with Gasteiger partial charge in [-0.1, -0.05) is 0 Å². The Hall–Kier alpha value is -1.43. The van der Waals surface area contributed by atoms with E-state index in [9.17, 15) is 27.9 Å². The molecular formula is C19H33F3N4O4. The SMILES string of the molecule is CN1CCN(CC(C)(C)C(=O)NCC2CN(C(=O)C(O)C(F)(F)F)CCCO2)CC1. The molecule has 2 aliphatic rings. The number of amides is 2. The number of likely N-dealkylation sites (N-methyl/N-ethyl adjacent to an activating group) is 1. The van der Waals surface area contributed by atoms with Crippen molar-refractivity contribution in [1.29, 1.82) is 0 Å². The Balaban J connectivity index is 1.87. The summed E-state index contributed by atoms with van der Waals surface area (Å²) in [6.45, 7) is 8.25. The molecule has 2 amide bonds. The van der Waals surface area contributed by atoms with Crippen LogP contribution < -0.4 is 5.32 Å². The molecule has 2 heterocycles. The Morgan fingerprint density at radius 2 is 1.80 bits per heavy atom. The van der Waals surface area contributed by atoms with Gasteiger partial charge in [-0.05, 0) is 27.3 Å². The molecule has 2 aliphatic heterocycles. The van der Waals surface area contributed by atoms with Crippen molar-refractivity contribution in [3.63, 3.8) is 0 Å². The lowest BCUT2D eigenvalue weighted by Gasteiger charge is -2.37. The number of ether oxygens (including phenoxy) is 1. The van der Waals surface area contributed by atoms with E-state index in [2.05, 4.69) is 22.2 Å². The quantitative estimate of drug-likeness (QED) is 0.604. The van der Waals surface area contributed by atoms with Crippen LogP contribution in [-0.2, 0) is 14.3 Å². The van der Waals surface area contributed by atoms with Gasteiger partial charge in [-0.2, -0.15) is 13.2 Å². The first-order valence-corrected chi connectivity index (χ1v) is 10.2. The van der Waals surface area contributed by atoms with Crippen LogP contribution >= 0.6 is 0 Å². The number of aliphatic hydroxyl groups is 1. The summed E-state index contributed by atoms with van der Waals surface area (Å²) in [5, 5.41) is 12.1. The van der Waals surface area contributed by atoms with Crippen molar-refractivity contribution in [3.8, 4) is 0 Å². The molecule has 2 rings (SSSR count). The molecule has 2 unspecified atom stereocenters. The number of carbonyl (C=O) groups is 2. The number of alkyl halides is 3. The van der Waals surface area contributed by atoms with Gasteiger partial charge < -0.3 is 25.0 Å². The fraction of sp³-hybridized carbons (Fsp3) is 0.895. The van der Waals surface area contributed by atoms with Gasteiger partial charge in [0.05, 0.1) is 11.5 Å². The lowest BCUT2D eigenvalue weighted by molar-refractivity contribution is -0.210. The van der Waals surface area contributed by atoms with Crippen LogP contribution in [0, 0.1) is 5.41 Å². The minimum Gasteiger partial charge on any atom is -0.376 e. The summed E-state index contributed by atoms with van der Waals surface area (Å²) in [5.74, 6) is -1.57. The highest BCUT2D eigenvalue weighted by Gasteiger charge is 2.46. The van der Waals surface area contributed by atoms with Gasteiger partial charge in [0.15, 0.2) is 0 Å². The van der Waals surface area contributed by atoms with E-state index in [1.54, 1.807) is 0 Å². The summed E-state index contributed by atoms with van der Waals surface area (Å²) in [6.07, 6.45) is -8.34. The third-order valence-corrected chi connectivity index (χ3v) is 5.53. The second kappa shape index (κ2) is 10.3. The highest BCUT2D eigenvalue weighted by molar-refractivity contribution is 5.82. The molecule has 2 fully saturated rings. The molecule has 0 aromatic heterocycles. The first-order chi connectivity index (χ1) is 13.9. The van der Waals surface area contributed by atoms with Gasteiger partial charge in [-0.15, -0.1) is 0 Å². The normalized spacial score (nSPS) is 23.7. The zero-order valence-electron chi connectivity index (χ0n) is 17.9. The van der Waals surface area contributed by atoms with Crippen LogP contribution in [0.4, 0.5) is 13.2 Å². The average molecular weight is 438 g/mol. The van der Waals surface area contributed by atoms with Gasteiger partial charge in [0, 0.05) is 59.0 Å². The summed E-state index contributed by atoms with van der Waals surface area (Å²) in [4.78, 5) is 30.1. The number of hydrogen-bond donors (Lipinski definition) is 2. The maximum Gasteiger partial charge on any atom is 0.423 e. The molecule has 0 aromatic carbocycles. The molecule has 30 heavy (non-hydrogen) atoms. The van der Waals surface area contributed by atoms with E-state index < -0.39 is 29.7 Å².